The summed E-state index contributed by atoms with van der Waals surface area (Å²) in [6, 6.07) is 0. The monoisotopic (exact) mass is 275 g/mol. The third-order valence-electron chi connectivity index (χ3n) is 2.82. The van der Waals surface area contributed by atoms with Crippen LogP contribution in [0.3, 0.4) is 0 Å². The zero-order valence-electron chi connectivity index (χ0n) is 12.6. The molecule has 0 aromatic heterocycles. The van der Waals surface area contributed by atoms with E-state index < -0.39 is 5.97 Å². The first-order valence-electron chi connectivity index (χ1n) is 7.62. The van der Waals surface area contributed by atoms with E-state index in [2.05, 4.69) is 31.2 Å². The Labute approximate surface area is 123 Å². The van der Waals surface area contributed by atoms with Crippen LogP contribution in [0.15, 0.2) is 48.6 Å². The lowest BCUT2D eigenvalue weighted by Gasteiger charge is -2.01. The Morgan fingerprint density at radius 1 is 0.800 bits per heavy atom. The zero-order chi connectivity index (χ0) is 14.9. The van der Waals surface area contributed by atoms with Gasteiger partial charge in [0.05, 0.1) is 0 Å². The molecule has 2 nitrogen and oxygen atoms in total. The van der Waals surface area contributed by atoms with Crippen molar-refractivity contribution < 1.29 is 9.90 Å². The van der Waals surface area contributed by atoms with Crippen molar-refractivity contribution in [2.75, 3.05) is 0 Å². The molecular formula is C18H27O2-. The van der Waals surface area contributed by atoms with Gasteiger partial charge in [-0.1, -0.05) is 74.8 Å². The van der Waals surface area contributed by atoms with Crippen molar-refractivity contribution >= 4 is 5.97 Å². The fraction of sp³-hybridized carbons (Fsp3) is 0.500. The van der Waals surface area contributed by atoms with Gasteiger partial charge in [-0.25, -0.2) is 0 Å². The Bertz CT molecular complexity index is 335. The summed E-state index contributed by atoms with van der Waals surface area (Å²) in [5, 5.41) is 10.2. The SMILES string of the molecule is CC\C=C/C=C/C=C/C=C\CCCCCCCC(=O)[O-]. The summed E-state index contributed by atoms with van der Waals surface area (Å²) in [5.74, 6) is -0.932. The van der Waals surface area contributed by atoms with Crippen molar-refractivity contribution in [2.24, 2.45) is 0 Å². The van der Waals surface area contributed by atoms with Crippen LogP contribution in [0.5, 0.6) is 0 Å². The third-order valence-corrected chi connectivity index (χ3v) is 2.82. The number of aliphatic carboxylic acids is 1. The van der Waals surface area contributed by atoms with Crippen LogP contribution >= 0.6 is 0 Å². The van der Waals surface area contributed by atoms with Gasteiger partial charge in [0.1, 0.15) is 0 Å². The highest BCUT2D eigenvalue weighted by atomic mass is 16.4. The highest BCUT2D eigenvalue weighted by Gasteiger charge is 1.90. The number of unbranched alkanes of at least 4 members (excludes halogenated alkanes) is 5. The largest absolute Gasteiger partial charge is 0.550 e. The Hall–Kier alpha value is -1.57. The van der Waals surface area contributed by atoms with Gasteiger partial charge in [-0.15, -0.1) is 0 Å². The molecule has 0 atom stereocenters. The van der Waals surface area contributed by atoms with Crippen LogP contribution in [-0.4, -0.2) is 5.97 Å². The van der Waals surface area contributed by atoms with E-state index in [1.54, 1.807) is 0 Å². The minimum absolute atomic E-state index is 0.200. The predicted octanol–water partition coefficient (Wildman–Crippen LogP) is 4.10. The molecule has 0 aliphatic heterocycles. The van der Waals surface area contributed by atoms with Gasteiger partial charge in [-0.3, -0.25) is 0 Å². The smallest absolute Gasteiger partial charge is 0.0414 e. The van der Waals surface area contributed by atoms with Gasteiger partial charge in [-0.05, 0) is 32.1 Å². The summed E-state index contributed by atoms with van der Waals surface area (Å²) in [6.07, 6.45) is 24.1. The Morgan fingerprint density at radius 2 is 1.35 bits per heavy atom. The summed E-state index contributed by atoms with van der Waals surface area (Å²) in [5.41, 5.74) is 0. The molecule has 0 aliphatic rings. The van der Waals surface area contributed by atoms with Crippen molar-refractivity contribution in [2.45, 2.75) is 58.3 Å². The Kier molecular flexibility index (Phi) is 14.3. The van der Waals surface area contributed by atoms with Crippen LogP contribution in [0, 0.1) is 0 Å². The molecule has 0 unspecified atom stereocenters. The lowest BCUT2D eigenvalue weighted by Crippen LogP contribution is -2.21. The minimum atomic E-state index is -0.932. The first-order valence-corrected chi connectivity index (χ1v) is 7.62. The maximum absolute atomic E-state index is 10.2. The van der Waals surface area contributed by atoms with E-state index in [0.29, 0.717) is 0 Å². The number of carbonyl (C=O) groups is 1. The van der Waals surface area contributed by atoms with Crippen LogP contribution in [0.2, 0.25) is 0 Å². The lowest BCUT2D eigenvalue weighted by atomic mass is 10.1. The van der Waals surface area contributed by atoms with Gasteiger partial charge < -0.3 is 9.90 Å². The number of hydrogen-bond acceptors (Lipinski definition) is 2. The van der Waals surface area contributed by atoms with Gasteiger partial charge in [0.2, 0.25) is 0 Å². The molecule has 0 amide bonds. The molecule has 112 valence electrons. The van der Waals surface area contributed by atoms with Crippen LogP contribution < -0.4 is 5.11 Å². The second-order valence-electron chi connectivity index (χ2n) is 4.71. The number of rotatable bonds is 12. The quantitative estimate of drug-likeness (QED) is 0.397. The second kappa shape index (κ2) is 15.5. The summed E-state index contributed by atoms with van der Waals surface area (Å²) in [4.78, 5) is 10.2. The maximum atomic E-state index is 10.2. The Morgan fingerprint density at radius 3 is 2.00 bits per heavy atom. The normalized spacial score (nSPS) is 12.4. The first kappa shape index (κ1) is 18.4. The lowest BCUT2D eigenvalue weighted by molar-refractivity contribution is -0.305. The highest BCUT2D eigenvalue weighted by molar-refractivity contribution is 5.63. The molecule has 0 aromatic carbocycles. The molecule has 0 aliphatic carbocycles. The second-order valence-corrected chi connectivity index (χ2v) is 4.71. The molecule has 0 N–H and O–H groups in total. The van der Waals surface area contributed by atoms with Crippen LogP contribution in [0.4, 0.5) is 0 Å². The first-order chi connectivity index (χ1) is 9.77. The number of allylic oxidation sites excluding steroid dienone is 8. The fourth-order valence-electron chi connectivity index (χ4n) is 1.71. The van der Waals surface area contributed by atoms with E-state index in [1.165, 1.54) is 12.8 Å². The van der Waals surface area contributed by atoms with Gasteiger partial charge in [-0.2, -0.15) is 0 Å². The van der Waals surface area contributed by atoms with E-state index in [1.807, 2.05) is 24.3 Å². The number of carboxylic acid groups (broad SMARTS) is 1. The van der Waals surface area contributed by atoms with E-state index >= 15 is 0 Å². The molecule has 0 spiro atoms. The molecule has 0 rings (SSSR count). The predicted molar refractivity (Wildman–Crippen MR) is 84.2 cm³/mol. The molecule has 0 saturated carbocycles. The third kappa shape index (κ3) is 16.4. The van der Waals surface area contributed by atoms with E-state index in [0.717, 1.165) is 32.1 Å². The summed E-state index contributed by atoms with van der Waals surface area (Å²) in [7, 11) is 0. The molecule has 2 heteroatoms. The maximum Gasteiger partial charge on any atom is 0.0414 e. The topological polar surface area (TPSA) is 40.1 Å². The van der Waals surface area contributed by atoms with Crippen molar-refractivity contribution in [3.63, 3.8) is 0 Å². The van der Waals surface area contributed by atoms with Gasteiger partial charge >= 0.3 is 0 Å². The summed E-state index contributed by atoms with van der Waals surface area (Å²) >= 11 is 0. The van der Waals surface area contributed by atoms with Crippen molar-refractivity contribution in [3.8, 4) is 0 Å². The Balaban J connectivity index is 3.35. The van der Waals surface area contributed by atoms with Crippen molar-refractivity contribution in [3.05, 3.63) is 48.6 Å². The van der Waals surface area contributed by atoms with Crippen molar-refractivity contribution in [1.82, 2.24) is 0 Å². The zero-order valence-corrected chi connectivity index (χ0v) is 12.6. The molecule has 0 radical (unpaired) electrons. The summed E-state index contributed by atoms with van der Waals surface area (Å²) in [6.45, 7) is 2.12. The average Bonchev–Trinajstić information content (AvgIpc) is 2.43. The van der Waals surface area contributed by atoms with E-state index in [-0.39, 0.29) is 6.42 Å². The van der Waals surface area contributed by atoms with Gasteiger partial charge in [0.15, 0.2) is 0 Å². The highest BCUT2D eigenvalue weighted by Crippen LogP contribution is 2.07. The van der Waals surface area contributed by atoms with Crippen LogP contribution in [-0.2, 0) is 4.79 Å². The fourth-order valence-corrected chi connectivity index (χ4v) is 1.71. The molecular weight excluding hydrogens is 248 g/mol. The molecule has 0 aromatic rings. The number of hydrogen-bond donors (Lipinski definition) is 0. The molecule has 0 bridgehead atoms. The molecule has 0 heterocycles. The molecule has 0 saturated heterocycles. The number of carbonyl (C=O) groups excluding carboxylic acids is 1. The van der Waals surface area contributed by atoms with E-state index in [4.69, 9.17) is 0 Å². The average molecular weight is 275 g/mol. The van der Waals surface area contributed by atoms with Gasteiger partial charge in [0, 0.05) is 5.97 Å². The molecule has 20 heavy (non-hydrogen) atoms. The standard InChI is InChI=1S/C18H28O2/c1-2-3-4-5-6-7-8-9-10-11-12-13-14-15-16-17-18(19)20/h3-10H,2,11-17H2,1H3,(H,19,20)/p-1/b4-3-,6-5+,8-7+,10-9-. The summed E-state index contributed by atoms with van der Waals surface area (Å²) < 4.78 is 0. The van der Waals surface area contributed by atoms with E-state index in [9.17, 15) is 9.90 Å². The molecule has 0 fully saturated rings. The number of carboxylic acids is 1. The van der Waals surface area contributed by atoms with Gasteiger partial charge in [0.25, 0.3) is 0 Å². The van der Waals surface area contributed by atoms with Crippen molar-refractivity contribution in [1.29, 1.82) is 0 Å². The minimum Gasteiger partial charge on any atom is -0.550 e. The van der Waals surface area contributed by atoms with Crippen LogP contribution in [0.25, 0.3) is 0 Å². The van der Waals surface area contributed by atoms with Crippen LogP contribution in [0.1, 0.15) is 58.3 Å².